The highest BCUT2D eigenvalue weighted by atomic mass is 16.6. The molecule has 0 amide bonds. The van der Waals surface area contributed by atoms with Gasteiger partial charge in [-0.15, -0.1) is 0 Å². The molecule has 1 aliphatic carbocycles. The fourth-order valence-corrected chi connectivity index (χ4v) is 2.79. The van der Waals surface area contributed by atoms with Gasteiger partial charge in [-0.05, 0) is 32.8 Å². The van der Waals surface area contributed by atoms with Crippen molar-refractivity contribution in [3.05, 3.63) is 27.9 Å². The van der Waals surface area contributed by atoms with Crippen molar-refractivity contribution in [3.63, 3.8) is 0 Å². The Balaban J connectivity index is 2.33. The van der Waals surface area contributed by atoms with Crippen molar-refractivity contribution in [2.75, 3.05) is 5.32 Å². The van der Waals surface area contributed by atoms with Crippen LogP contribution in [-0.4, -0.2) is 27.0 Å². The SMILES string of the molecule is Cc1ccc([N+](=O)[O-])c(NC2CCCCC2(C)C(=O)O)n1. The Labute approximate surface area is 122 Å². The van der Waals surface area contributed by atoms with Gasteiger partial charge in [-0.3, -0.25) is 14.9 Å². The molecule has 1 saturated carbocycles. The second kappa shape index (κ2) is 5.67. The van der Waals surface area contributed by atoms with Crippen molar-refractivity contribution >= 4 is 17.5 Å². The van der Waals surface area contributed by atoms with Crippen LogP contribution in [0.3, 0.4) is 0 Å². The quantitative estimate of drug-likeness (QED) is 0.653. The van der Waals surface area contributed by atoms with Crippen LogP contribution in [0.4, 0.5) is 11.5 Å². The van der Waals surface area contributed by atoms with E-state index in [2.05, 4.69) is 10.3 Å². The molecule has 2 atom stereocenters. The summed E-state index contributed by atoms with van der Waals surface area (Å²) < 4.78 is 0. The Morgan fingerprint density at radius 1 is 1.52 bits per heavy atom. The van der Waals surface area contributed by atoms with Gasteiger partial charge in [0.25, 0.3) is 0 Å². The first-order chi connectivity index (χ1) is 9.84. The third kappa shape index (κ3) is 2.96. The maximum absolute atomic E-state index is 11.6. The number of carboxylic acid groups (broad SMARTS) is 1. The minimum absolute atomic E-state index is 0.126. The molecule has 0 spiro atoms. The van der Waals surface area contributed by atoms with Gasteiger partial charge in [0.2, 0.25) is 5.82 Å². The Kier molecular flexibility index (Phi) is 4.11. The molecule has 1 heterocycles. The van der Waals surface area contributed by atoms with Crippen LogP contribution in [-0.2, 0) is 4.79 Å². The number of anilines is 1. The molecule has 114 valence electrons. The summed E-state index contributed by atoms with van der Waals surface area (Å²) in [7, 11) is 0. The van der Waals surface area contributed by atoms with Crippen LogP contribution in [0, 0.1) is 22.5 Å². The normalized spacial score (nSPS) is 25.3. The fourth-order valence-electron chi connectivity index (χ4n) is 2.79. The zero-order valence-corrected chi connectivity index (χ0v) is 12.1. The minimum atomic E-state index is -0.933. The Morgan fingerprint density at radius 3 is 2.86 bits per heavy atom. The van der Waals surface area contributed by atoms with Crippen molar-refractivity contribution in [1.82, 2.24) is 4.98 Å². The topological polar surface area (TPSA) is 105 Å². The predicted octanol–water partition coefficient (Wildman–Crippen LogP) is 2.74. The van der Waals surface area contributed by atoms with Crippen molar-refractivity contribution in [3.8, 4) is 0 Å². The minimum Gasteiger partial charge on any atom is -0.481 e. The zero-order valence-electron chi connectivity index (χ0n) is 12.1. The molecule has 1 aromatic rings. The van der Waals surface area contributed by atoms with Gasteiger partial charge in [-0.2, -0.15) is 0 Å². The van der Waals surface area contributed by atoms with E-state index >= 15 is 0 Å². The molecule has 2 unspecified atom stereocenters. The van der Waals surface area contributed by atoms with Gasteiger partial charge >= 0.3 is 11.7 Å². The van der Waals surface area contributed by atoms with Gasteiger partial charge in [0.1, 0.15) is 0 Å². The summed E-state index contributed by atoms with van der Waals surface area (Å²) in [5.74, 6) is -0.727. The Bertz CT molecular complexity index is 575. The number of pyridine rings is 1. The highest BCUT2D eigenvalue weighted by molar-refractivity contribution is 5.76. The Morgan fingerprint density at radius 2 is 2.24 bits per heavy atom. The van der Waals surface area contributed by atoms with Crippen molar-refractivity contribution in [2.24, 2.45) is 5.41 Å². The summed E-state index contributed by atoms with van der Waals surface area (Å²) in [5, 5.41) is 23.6. The Hall–Kier alpha value is -2.18. The van der Waals surface area contributed by atoms with E-state index in [0.29, 0.717) is 18.5 Å². The van der Waals surface area contributed by atoms with E-state index in [1.54, 1.807) is 19.9 Å². The first-order valence-electron chi connectivity index (χ1n) is 6.96. The van der Waals surface area contributed by atoms with E-state index in [9.17, 15) is 20.0 Å². The largest absolute Gasteiger partial charge is 0.481 e. The lowest BCUT2D eigenvalue weighted by Crippen LogP contribution is -2.46. The first-order valence-corrected chi connectivity index (χ1v) is 6.96. The predicted molar refractivity (Wildman–Crippen MR) is 77.2 cm³/mol. The molecule has 1 fully saturated rings. The molecular weight excluding hydrogens is 274 g/mol. The molecule has 1 aromatic heterocycles. The number of nitrogens with zero attached hydrogens (tertiary/aromatic N) is 2. The van der Waals surface area contributed by atoms with Crippen molar-refractivity contribution < 1.29 is 14.8 Å². The molecule has 0 aliphatic heterocycles. The molecule has 2 rings (SSSR count). The number of nitro groups is 1. The van der Waals surface area contributed by atoms with Crippen molar-refractivity contribution in [2.45, 2.75) is 45.6 Å². The van der Waals surface area contributed by atoms with Gasteiger partial charge in [-0.1, -0.05) is 12.8 Å². The number of hydrogen-bond acceptors (Lipinski definition) is 5. The number of hydrogen-bond donors (Lipinski definition) is 2. The fraction of sp³-hybridized carbons (Fsp3) is 0.571. The zero-order chi connectivity index (χ0) is 15.6. The summed E-state index contributed by atoms with van der Waals surface area (Å²) in [4.78, 5) is 26.3. The lowest BCUT2D eigenvalue weighted by molar-refractivity contribution is -0.384. The van der Waals surface area contributed by atoms with Crippen LogP contribution in [0.1, 0.15) is 38.3 Å². The maximum Gasteiger partial charge on any atom is 0.311 e. The highest BCUT2D eigenvalue weighted by Gasteiger charge is 2.44. The van der Waals surface area contributed by atoms with Crippen LogP contribution < -0.4 is 5.32 Å². The third-order valence-corrected chi connectivity index (χ3v) is 4.22. The molecule has 0 bridgehead atoms. The van der Waals surface area contributed by atoms with Gasteiger partial charge in [0, 0.05) is 17.8 Å². The van der Waals surface area contributed by atoms with Crippen LogP contribution in [0.15, 0.2) is 12.1 Å². The number of aromatic nitrogens is 1. The monoisotopic (exact) mass is 293 g/mol. The van der Waals surface area contributed by atoms with Crippen LogP contribution in [0.25, 0.3) is 0 Å². The van der Waals surface area contributed by atoms with Crippen molar-refractivity contribution in [1.29, 1.82) is 0 Å². The molecule has 7 nitrogen and oxygen atoms in total. The molecule has 2 N–H and O–H groups in total. The van der Waals surface area contributed by atoms with Gasteiger partial charge in [0.15, 0.2) is 0 Å². The van der Waals surface area contributed by atoms with E-state index in [1.807, 2.05) is 0 Å². The molecule has 21 heavy (non-hydrogen) atoms. The van der Waals surface area contributed by atoms with E-state index in [4.69, 9.17) is 0 Å². The smallest absolute Gasteiger partial charge is 0.311 e. The second-order valence-corrected chi connectivity index (χ2v) is 5.74. The first kappa shape index (κ1) is 15.2. The van der Waals surface area contributed by atoms with Crippen LogP contribution in [0.2, 0.25) is 0 Å². The molecule has 7 heteroatoms. The van der Waals surface area contributed by atoms with E-state index in [0.717, 1.165) is 12.8 Å². The second-order valence-electron chi connectivity index (χ2n) is 5.74. The number of carbonyl (C=O) groups is 1. The lowest BCUT2D eigenvalue weighted by atomic mass is 9.71. The standard InChI is InChI=1S/C14H19N3O4/c1-9-6-7-10(17(20)21)12(15-9)16-11-5-3-4-8-14(11,2)13(18)19/h6-7,11H,3-5,8H2,1-2H3,(H,15,16)(H,18,19). The molecular formula is C14H19N3O4. The average molecular weight is 293 g/mol. The van der Waals surface area contributed by atoms with E-state index in [-0.39, 0.29) is 17.5 Å². The number of aryl methyl sites for hydroxylation is 1. The molecule has 0 radical (unpaired) electrons. The van der Waals surface area contributed by atoms with Crippen LogP contribution >= 0.6 is 0 Å². The molecule has 1 aliphatic rings. The summed E-state index contributed by atoms with van der Waals surface area (Å²) in [6.07, 6.45) is 2.97. The highest BCUT2D eigenvalue weighted by Crippen LogP contribution is 2.39. The average Bonchev–Trinajstić information content (AvgIpc) is 2.41. The van der Waals surface area contributed by atoms with E-state index in [1.165, 1.54) is 6.07 Å². The maximum atomic E-state index is 11.6. The van der Waals surface area contributed by atoms with E-state index < -0.39 is 16.3 Å². The van der Waals surface area contributed by atoms with Crippen LogP contribution in [0.5, 0.6) is 0 Å². The number of rotatable bonds is 4. The number of nitrogens with one attached hydrogen (secondary N) is 1. The molecule has 0 saturated heterocycles. The van der Waals surface area contributed by atoms with Gasteiger partial charge in [-0.25, -0.2) is 4.98 Å². The summed E-state index contributed by atoms with van der Waals surface area (Å²) in [6.45, 7) is 3.43. The lowest BCUT2D eigenvalue weighted by Gasteiger charge is -2.38. The summed E-state index contributed by atoms with van der Waals surface area (Å²) in [5.41, 5.74) is -0.410. The number of aliphatic carboxylic acids is 1. The van der Waals surface area contributed by atoms with Gasteiger partial charge in [0.05, 0.1) is 10.3 Å². The number of carboxylic acids is 1. The van der Waals surface area contributed by atoms with Gasteiger partial charge < -0.3 is 10.4 Å². The third-order valence-electron chi connectivity index (χ3n) is 4.22. The summed E-state index contributed by atoms with van der Waals surface area (Å²) >= 11 is 0. The summed E-state index contributed by atoms with van der Waals surface area (Å²) in [6, 6.07) is 2.60. The molecule has 0 aromatic carbocycles.